The Hall–Kier alpha value is -3.55. The van der Waals surface area contributed by atoms with Gasteiger partial charge in [-0.2, -0.15) is 0 Å². The number of nitrogens with two attached hydrogens (primary N) is 1. The number of ether oxygens (including phenoxy) is 1. The van der Waals surface area contributed by atoms with Crippen LogP contribution >= 0.6 is 0 Å². The molecule has 1 aromatic carbocycles. The minimum Gasteiger partial charge on any atom is -0.507 e. The van der Waals surface area contributed by atoms with Crippen molar-refractivity contribution < 1.29 is 9.84 Å². The van der Waals surface area contributed by atoms with Crippen molar-refractivity contribution in [3.05, 3.63) is 48.7 Å². The van der Waals surface area contributed by atoms with Crippen molar-refractivity contribution in [3.63, 3.8) is 0 Å². The number of anilines is 3. The summed E-state index contributed by atoms with van der Waals surface area (Å²) in [4.78, 5) is 9.35. The van der Waals surface area contributed by atoms with Crippen molar-refractivity contribution in [1.82, 2.24) is 15.2 Å². The number of pyridine rings is 1. The van der Waals surface area contributed by atoms with E-state index in [0.29, 0.717) is 35.3 Å². The van der Waals surface area contributed by atoms with Crippen LogP contribution in [0, 0.1) is 0 Å². The maximum absolute atomic E-state index is 10.3. The minimum absolute atomic E-state index is 0.186. The van der Waals surface area contributed by atoms with Gasteiger partial charge in [0.2, 0.25) is 5.88 Å². The summed E-state index contributed by atoms with van der Waals surface area (Å²) in [5.74, 6) is 1.34. The Kier molecular flexibility index (Phi) is 5.36. The van der Waals surface area contributed by atoms with Crippen molar-refractivity contribution in [2.75, 3.05) is 28.6 Å². The van der Waals surface area contributed by atoms with Crippen LogP contribution < -0.4 is 20.3 Å². The predicted molar refractivity (Wildman–Crippen MR) is 132 cm³/mol. The van der Waals surface area contributed by atoms with Crippen LogP contribution in [0.3, 0.4) is 0 Å². The zero-order chi connectivity index (χ0) is 23.1. The Morgan fingerprint density at radius 3 is 2.65 bits per heavy atom. The Balaban J connectivity index is 1.26. The monoisotopic (exact) mass is 458 g/mol. The standard InChI is InChI=1S/C26H30N6O2/c27-26-23(15-22(29-30-26)21-6-1-2-7-24(21)33)31-13-11-17-8-9-19(16-31)32(17)18-10-12-28-25(14-18)34-20-4-3-5-20/h1-2,6-7,10,12,14-15,17,19-20,33H,3-5,8-9,11,13,16H2,(H2,27,30). The van der Waals surface area contributed by atoms with Gasteiger partial charge < -0.3 is 25.4 Å². The molecule has 34 heavy (non-hydrogen) atoms. The number of nitrogens with zero attached hydrogens (tertiary/aromatic N) is 5. The van der Waals surface area contributed by atoms with Crippen LogP contribution in [0.4, 0.5) is 17.2 Å². The highest BCUT2D eigenvalue weighted by Gasteiger charge is 2.38. The van der Waals surface area contributed by atoms with Crippen molar-refractivity contribution in [1.29, 1.82) is 0 Å². The summed E-state index contributed by atoms with van der Waals surface area (Å²) >= 11 is 0. The van der Waals surface area contributed by atoms with E-state index < -0.39 is 0 Å². The smallest absolute Gasteiger partial charge is 0.215 e. The number of rotatable bonds is 5. The first-order chi connectivity index (χ1) is 16.7. The first kappa shape index (κ1) is 21.0. The lowest BCUT2D eigenvalue weighted by atomic mass is 9.96. The number of aromatic hydroxyl groups is 1. The number of hydrogen-bond donors (Lipinski definition) is 2. The van der Waals surface area contributed by atoms with Crippen LogP contribution in [0.5, 0.6) is 11.6 Å². The fourth-order valence-corrected chi connectivity index (χ4v) is 5.46. The molecule has 2 unspecified atom stereocenters. The SMILES string of the molecule is Nc1nnc(-c2ccccc2O)cc1N1CCC2CCC(C1)N2c1ccnc(OC2CCC2)c1. The summed E-state index contributed by atoms with van der Waals surface area (Å²) in [5, 5.41) is 18.8. The van der Waals surface area contributed by atoms with Gasteiger partial charge in [-0.3, -0.25) is 0 Å². The molecule has 4 heterocycles. The third-order valence-corrected chi connectivity index (χ3v) is 7.46. The van der Waals surface area contributed by atoms with Gasteiger partial charge in [-0.05, 0) is 62.8 Å². The number of hydrogen-bond acceptors (Lipinski definition) is 8. The van der Waals surface area contributed by atoms with Crippen molar-refractivity contribution in [3.8, 4) is 22.9 Å². The minimum atomic E-state index is 0.186. The van der Waals surface area contributed by atoms with E-state index in [-0.39, 0.29) is 5.75 Å². The largest absolute Gasteiger partial charge is 0.507 e. The molecule has 2 aliphatic heterocycles. The molecule has 3 N–H and O–H groups in total. The highest BCUT2D eigenvalue weighted by Crippen LogP contribution is 2.39. The van der Waals surface area contributed by atoms with E-state index in [2.05, 4.69) is 37.1 Å². The highest BCUT2D eigenvalue weighted by atomic mass is 16.5. The molecule has 0 spiro atoms. The number of fused-ring (bicyclic) bond motifs is 2. The fourth-order valence-electron chi connectivity index (χ4n) is 5.46. The second-order valence-electron chi connectivity index (χ2n) is 9.57. The molecule has 3 aliphatic rings. The Morgan fingerprint density at radius 2 is 1.82 bits per heavy atom. The molecular formula is C26H30N6O2. The molecule has 6 rings (SSSR count). The molecule has 3 aromatic rings. The van der Waals surface area contributed by atoms with E-state index in [1.54, 1.807) is 12.1 Å². The molecule has 0 amide bonds. The second kappa shape index (κ2) is 8.66. The zero-order valence-electron chi connectivity index (χ0n) is 19.2. The maximum Gasteiger partial charge on any atom is 0.215 e. The number of phenolic OH excluding ortho intramolecular Hbond substituents is 1. The molecule has 1 saturated carbocycles. The van der Waals surface area contributed by atoms with Crippen LogP contribution in [0.25, 0.3) is 11.3 Å². The first-order valence-corrected chi connectivity index (χ1v) is 12.2. The summed E-state index contributed by atoms with van der Waals surface area (Å²) in [5.41, 5.74) is 9.65. The topological polar surface area (TPSA) is 101 Å². The highest BCUT2D eigenvalue weighted by molar-refractivity contribution is 5.74. The molecule has 2 atom stereocenters. The van der Waals surface area contributed by atoms with Gasteiger partial charge in [0.25, 0.3) is 0 Å². The first-order valence-electron chi connectivity index (χ1n) is 12.2. The summed E-state index contributed by atoms with van der Waals surface area (Å²) in [6.07, 6.45) is 9.04. The average molecular weight is 459 g/mol. The summed E-state index contributed by atoms with van der Waals surface area (Å²) in [6.45, 7) is 1.75. The van der Waals surface area contributed by atoms with E-state index in [4.69, 9.17) is 10.5 Å². The molecule has 2 saturated heterocycles. The second-order valence-corrected chi connectivity index (χ2v) is 9.57. The lowest BCUT2D eigenvalue weighted by Crippen LogP contribution is -2.39. The van der Waals surface area contributed by atoms with E-state index in [1.807, 2.05) is 24.4 Å². The van der Waals surface area contributed by atoms with Gasteiger partial charge in [0.1, 0.15) is 11.9 Å². The quantitative estimate of drug-likeness (QED) is 0.592. The fraction of sp³-hybridized carbons (Fsp3) is 0.423. The Morgan fingerprint density at radius 1 is 0.971 bits per heavy atom. The van der Waals surface area contributed by atoms with E-state index >= 15 is 0 Å². The number of benzene rings is 1. The lowest BCUT2D eigenvalue weighted by Gasteiger charge is -2.32. The number of para-hydroxylation sites is 1. The van der Waals surface area contributed by atoms with E-state index in [1.165, 1.54) is 18.5 Å². The van der Waals surface area contributed by atoms with Gasteiger partial charge in [-0.1, -0.05) is 12.1 Å². The molecule has 1 aliphatic carbocycles. The zero-order valence-corrected chi connectivity index (χ0v) is 19.2. The molecule has 2 bridgehead atoms. The van der Waals surface area contributed by atoms with Gasteiger partial charge in [0.05, 0.1) is 11.4 Å². The van der Waals surface area contributed by atoms with Gasteiger partial charge >= 0.3 is 0 Å². The van der Waals surface area contributed by atoms with Gasteiger partial charge in [0, 0.05) is 48.7 Å². The summed E-state index contributed by atoms with van der Waals surface area (Å²) in [6, 6.07) is 14.2. The predicted octanol–water partition coefficient (Wildman–Crippen LogP) is 4.01. The molecule has 176 valence electrons. The molecule has 0 radical (unpaired) electrons. The lowest BCUT2D eigenvalue weighted by molar-refractivity contribution is 0.114. The van der Waals surface area contributed by atoms with Crippen molar-refractivity contribution in [2.45, 2.75) is 56.7 Å². The maximum atomic E-state index is 10.3. The third kappa shape index (κ3) is 3.87. The van der Waals surface area contributed by atoms with Crippen molar-refractivity contribution in [2.24, 2.45) is 0 Å². The average Bonchev–Trinajstić information content (AvgIpc) is 3.12. The Bertz CT molecular complexity index is 1180. The number of aromatic nitrogens is 3. The third-order valence-electron chi connectivity index (χ3n) is 7.46. The van der Waals surface area contributed by atoms with Gasteiger partial charge in [0.15, 0.2) is 5.82 Å². The number of nitrogen functional groups attached to an aromatic ring is 1. The molecule has 2 aromatic heterocycles. The Labute approximate surface area is 199 Å². The molecular weight excluding hydrogens is 428 g/mol. The van der Waals surface area contributed by atoms with Crippen LogP contribution in [0.2, 0.25) is 0 Å². The van der Waals surface area contributed by atoms with Crippen LogP contribution in [-0.2, 0) is 0 Å². The summed E-state index contributed by atoms with van der Waals surface area (Å²) < 4.78 is 6.07. The normalized spacial score (nSPS) is 22.4. The molecule has 8 heteroatoms. The van der Waals surface area contributed by atoms with Gasteiger partial charge in [-0.25, -0.2) is 4.98 Å². The number of phenols is 1. The van der Waals surface area contributed by atoms with Crippen LogP contribution in [0.1, 0.15) is 38.5 Å². The molecule has 3 fully saturated rings. The molecule has 8 nitrogen and oxygen atoms in total. The van der Waals surface area contributed by atoms with Crippen LogP contribution in [0.15, 0.2) is 48.7 Å². The summed E-state index contributed by atoms with van der Waals surface area (Å²) in [7, 11) is 0. The van der Waals surface area contributed by atoms with Crippen LogP contribution in [-0.4, -0.2) is 51.6 Å². The van der Waals surface area contributed by atoms with Gasteiger partial charge in [-0.15, -0.1) is 10.2 Å². The van der Waals surface area contributed by atoms with E-state index in [0.717, 1.165) is 50.3 Å². The van der Waals surface area contributed by atoms with E-state index in [9.17, 15) is 5.11 Å². The van der Waals surface area contributed by atoms with Crippen molar-refractivity contribution >= 4 is 17.2 Å².